The van der Waals surface area contributed by atoms with Gasteiger partial charge in [0.2, 0.25) is 5.91 Å². The van der Waals surface area contributed by atoms with Gasteiger partial charge in [0.05, 0.1) is 23.0 Å². The predicted molar refractivity (Wildman–Crippen MR) is 114 cm³/mol. The second-order valence-corrected chi connectivity index (χ2v) is 8.26. The maximum absolute atomic E-state index is 13.1. The van der Waals surface area contributed by atoms with Crippen LogP contribution in [0.25, 0.3) is 11.0 Å². The van der Waals surface area contributed by atoms with E-state index >= 15 is 0 Å². The Balaban J connectivity index is 1.48. The van der Waals surface area contributed by atoms with Gasteiger partial charge in [0.1, 0.15) is 5.82 Å². The summed E-state index contributed by atoms with van der Waals surface area (Å²) in [5, 5.41) is 11.7. The summed E-state index contributed by atoms with van der Waals surface area (Å²) in [4.78, 5) is 23.2. The van der Waals surface area contributed by atoms with Gasteiger partial charge in [-0.15, -0.1) is 10.2 Å². The van der Waals surface area contributed by atoms with Gasteiger partial charge >= 0.3 is 0 Å². The maximum Gasteiger partial charge on any atom is 0.225 e. The minimum Gasteiger partial charge on any atom is -0.354 e. The summed E-state index contributed by atoms with van der Waals surface area (Å²) in [6, 6.07) is 11.3. The molecule has 0 saturated carbocycles. The molecular weight excluding hydrogens is 388 g/mol. The zero-order valence-corrected chi connectivity index (χ0v) is 17.4. The van der Waals surface area contributed by atoms with Crippen molar-refractivity contribution in [3.8, 4) is 0 Å². The third-order valence-electron chi connectivity index (χ3n) is 5.40. The van der Waals surface area contributed by atoms with Crippen molar-refractivity contribution >= 4 is 34.4 Å². The van der Waals surface area contributed by atoms with Crippen LogP contribution >= 0.6 is 11.6 Å². The number of benzene rings is 1. The number of amides is 1. The lowest BCUT2D eigenvalue weighted by atomic mass is 9.95. The Morgan fingerprint density at radius 3 is 2.79 bits per heavy atom. The van der Waals surface area contributed by atoms with Gasteiger partial charge in [0.25, 0.3) is 0 Å². The third-order valence-corrected chi connectivity index (χ3v) is 5.60. The molecule has 1 aliphatic rings. The van der Waals surface area contributed by atoms with Crippen molar-refractivity contribution in [3.05, 3.63) is 47.4 Å². The van der Waals surface area contributed by atoms with Crippen LogP contribution in [0.2, 0.25) is 5.15 Å². The average molecular weight is 413 g/mol. The molecule has 0 radical (unpaired) electrons. The maximum atomic E-state index is 13.1. The molecule has 0 aliphatic carbocycles. The topological polar surface area (TPSA) is 86.8 Å². The second kappa shape index (κ2) is 8.37. The number of nitrogens with one attached hydrogen (secondary N) is 2. The minimum absolute atomic E-state index is 0.0516. The largest absolute Gasteiger partial charge is 0.354 e. The molecule has 1 unspecified atom stereocenters. The lowest BCUT2D eigenvalue weighted by Crippen LogP contribution is -2.45. The summed E-state index contributed by atoms with van der Waals surface area (Å²) in [5.74, 6) is 1.71. The van der Waals surface area contributed by atoms with Crippen molar-refractivity contribution in [2.75, 3.05) is 18.0 Å². The van der Waals surface area contributed by atoms with Crippen molar-refractivity contribution in [3.63, 3.8) is 0 Å². The number of hydrogen-bond acceptors (Lipinski definition) is 5. The number of aromatic amines is 1. The average Bonchev–Trinajstić information content (AvgIpc) is 3.16. The molecule has 4 rings (SSSR count). The van der Waals surface area contributed by atoms with Crippen LogP contribution in [0.5, 0.6) is 0 Å². The highest BCUT2D eigenvalue weighted by Crippen LogP contribution is 2.26. The Kier molecular flexibility index (Phi) is 5.67. The summed E-state index contributed by atoms with van der Waals surface area (Å²) in [7, 11) is 0. The normalized spacial score (nSPS) is 18.2. The summed E-state index contributed by atoms with van der Waals surface area (Å²) < 4.78 is 0. The summed E-state index contributed by atoms with van der Waals surface area (Å²) >= 11 is 5.84. The molecule has 1 aliphatic heterocycles. The Morgan fingerprint density at radius 2 is 2.07 bits per heavy atom. The van der Waals surface area contributed by atoms with Crippen molar-refractivity contribution in [2.45, 2.75) is 32.7 Å². The van der Waals surface area contributed by atoms with E-state index in [2.05, 4.69) is 39.2 Å². The van der Waals surface area contributed by atoms with Crippen LogP contribution in [-0.4, -0.2) is 39.2 Å². The fourth-order valence-corrected chi connectivity index (χ4v) is 3.92. The second-order valence-electron chi connectivity index (χ2n) is 7.87. The van der Waals surface area contributed by atoms with E-state index in [1.165, 1.54) is 0 Å². The number of rotatable bonds is 5. The highest BCUT2D eigenvalue weighted by atomic mass is 35.5. The molecular formula is C21H25ClN6O. The van der Waals surface area contributed by atoms with Crippen LogP contribution < -0.4 is 10.2 Å². The fraction of sp³-hybridized carbons (Fsp3) is 0.429. The number of fused-ring (bicyclic) bond motifs is 1. The van der Waals surface area contributed by atoms with E-state index in [0.29, 0.717) is 11.7 Å². The van der Waals surface area contributed by atoms with Crippen LogP contribution in [-0.2, 0) is 4.79 Å². The van der Waals surface area contributed by atoms with Crippen LogP contribution in [0, 0.1) is 11.8 Å². The standard InChI is InChI=1S/C21H25ClN6O/c1-13(2)19(20-23-15-7-3-4-8-16(15)24-20)25-21(29)14-6-5-11-28(12-14)18-10-9-17(22)26-27-18/h3-4,7-10,13-14,19H,5-6,11-12H2,1-2H3,(H,23,24)(H,25,29)/t14?,19-/m0/s1. The lowest BCUT2D eigenvalue weighted by Gasteiger charge is -2.33. The first-order valence-electron chi connectivity index (χ1n) is 10.0. The summed E-state index contributed by atoms with van der Waals surface area (Å²) in [6.07, 6.45) is 1.79. The van der Waals surface area contributed by atoms with Gasteiger partial charge in [-0.1, -0.05) is 37.6 Å². The van der Waals surface area contributed by atoms with Gasteiger partial charge in [0, 0.05) is 13.1 Å². The van der Waals surface area contributed by atoms with Crippen LogP contribution in [0.1, 0.15) is 38.6 Å². The quantitative estimate of drug-likeness (QED) is 0.666. The Morgan fingerprint density at radius 1 is 1.24 bits per heavy atom. The first kappa shape index (κ1) is 19.6. The number of anilines is 1. The lowest BCUT2D eigenvalue weighted by molar-refractivity contribution is -0.126. The Labute approximate surface area is 174 Å². The molecule has 3 heterocycles. The van der Waals surface area contributed by atoms with Crippen LogP contribution in [0.15, 0.2) is 36.4 Å². The third kappa shape index (κ3) is 4.34. The molecule has 1 amide bonds. The number of aromatic nitrogens is 4. The molecule has 152 valence electrons. The van der Waals surface area contributed by atoms with Gasteiger partial charge < -0.3 is 15.2 Å². The smallest absolute Gasteiger partial charge is 0.225 e. The molecule has 2 N–H and O–H groups in total. The van der Waals surface area contributed by atoms with Gasteiger partial charge in [0.15, 0.2) is 11.0 Å². The van der Waals surface area contributed by atoms with Gasteiger partial charge in [-0.3, -0.25) is 4.79 Å². The molecule has 2 aromatic heterocycles. The number of piperidine rings is 1. The Bertz CT molecular complexity index is 953. The predicted octanol–water partition coefficient (Wildman–Crippen LogP) is 3.74. The van der Waals surface area contributed by atoms with E-state index in [0.717, 1.165) is 42.1 Å². The zero-order valence-electron chi connectivity index (χ0n) is 16.6. The molecule has 1 aromatic carbocycles. The van der Waals surface area contributed by atoms with Crippen molar-refractivity contribution in [1.82, 2.24) is 25.5 Å². The highest BCUT2D eigenvalue weighted by Gasteiger charge is 2.30. The van der Waals surface area contributed by atoms with Crippen LogP contribution in [0.3, 0.4) is 0 Å². The SMILES string of the molecule is CC(C)[C@H](NC(=O)C1CCCN(c2ccc(Cl)nn2)C1)c1nc2ccccc2[nH]1. The highest BCUT2D eigenvalue weighted by molar-refractivity contribution is 6.29. The Hall–Kier alpha value is -2.67. The molecule has 1 fully saturated rings. The number of H-pyrrole nitrogens is 1. The summed E-state index contributed by atoms with van der Waals surface area (Å²) in [6.45, 7) is 5.66. The van der Waals surface area contributed by atoms with E-state index in [-0.39, 0.29) is 23.8 Å². The number of para-hydroxylation sites is 2. The zero-order chi connectivity index (χ0) is 20.4. The van der Waals surface area contributed by atoms with E-state index in [1.807, 2.05) is 30.3 Å². The van der Waals surface area contributed by atoms with Crippen LogP contribution in [0.4, 0.5) is 5.82 Å². The monoisotopic (exact) mass is 412 g/mol. The number of carbonyl (C=O) groups is 1. The van der Waals surface area contributed by atoms with E-state index < -0.39 is 0 Å². The first-order chi connectivity index (χ1) is 14.0. The van der Waals surface area contributed by atoms with Gasteiger partial charge in [-0.05, 0) is 43.0 Å². The van der Waals surface area contributed by atoms with Gasteiger partial charge in [-0.2, -0.15) is 0 Å². The number of hydrogen-bond donors (Lipinski definition) is 2. The fourth-order valence-electron chi connectivity index (χ4n) is 3.82. The minimum atomic E-state index is -0.166. The molecule has 29 heavy (non-hydrogen) atoms. The van der Waals surface area contributed by atoms with E-state index in [1.54, 1.807) is 6.07 Å². The number of carbonyl (C=O) groups excluding carboxylic acids is 1. The number of nitrogens with zero attached hydrogens (tertiary/aromatic N) is 4. The molecule has 0 bridgehead atoms. The number of halogens is 1. The summed E-state index contributed by atoms with van der Waals surface area (Å²) in [5.41, 5.74) is 1.89. The van der Waals surface area contributed by atoms with Crippen molar-refractivity contribution in [1.29, 1.82) is 0 Å². The molecule has 7 nitrogen and oxygen atoms in total. The number of imidazole rings is 1. The molecule has 2 atom stereocenters. The first-order valence-corrected chi connectivity index (χ1v) is 10.4. The van der Waals surface area contributed by atoms with Crippen molar-refractivity contribution < 1.29 is 4.79 Å². The van der Waals surface area contributed by atoms with E-state index in [9.17, 15) is 4.79 Å². The molecule has 0 spiro atoms. The van der Waals surface area contributed by atoms with E-state index in [4.69, 9.17) is 16.6 Å². The molecule has 3 aromatic rings. The molecule has 1 saturated heterocycles. The molecule has 8 heteroatoms. The van der Waals surface area contributed by atoms with Gasteiger partial charge in [-0.25, -0.2) is 4.98 Å². The van der Waals surface area contributed by atoms with Crippen molar-refractivity contribution in [2.24, 2.45) is 11.8 Å².